The molecule has 0 unspecified atom stereocenters. The van der Waals surface area contributed by atoms with Crippen molar-refractivity contribution in [3.05, 3.63) is 77.2 Å². The van der Waals surface area contributed by atoms with Crippen molar-refractivity contribution in [3.63, 3.8) is 0 Å². The predicted octanol–water partition coefficient (Wildman–Crippen LogP) is 2.70. The Balaban J connectivity index is 1.63. The van der Waals surface area contributed by atoms with Gasteiger partial charge in [-0.15, -0.1) is 0 Å². The normalized spacial score (nSPS) is 17.6. The molecule has 2 aliphatic rings. The van der Waals surface area contributed by atoms with Crippen LogP contribution in [0.15, 0.2) is 71.2 Å². The number of nitrogens with one attached hydrogen (secondary N) is 1. The summed E-state index contributed by atoms with van der Waals surface area (Å²) < 4.78 is 31.4. The molecule has 2 aromatic rings. The van der Waals surface area contributed by atoms with E-state index in [2.05, 4.69) is 9.88 Å². The van der Waals surface area contributed by atoms with Gasteiger partial charge in [0.25, 0.3) is 0 Å². The third kappa shape index (κ3) is 4.58. The minimum absolute atomic E-state index is 0.109. The number of aromatic carboxylic acids is 1. The Hall–Kier alpha value is -4.12. The number of hydrogen-bond acceptors (Lipinski definition) is 8. The van der Waals surface area contributed by atoms with Gasteiger partial charge in [-0.1, -0.05) is 17.3 Å². The summed E-state index contributed by atoms with van der Waals surface area (Å²) >= 11 is 0. The van der Waals surface area contributed by atoms with Crippen LogP contribution >= 0.6 is 0 Å². The summed E-state index contributed by atoms with van der Waals surface area (Å²) in [5.74, 6) is -0.748. The largest absolute Gasteiger partial charge is 0.478 e. The van der Waals surface area contributed by atoms with Gasteiger partial charge in [-0.25, -0.2) is 18.0 Å². The zero-order valence-electron chi connectivity index (χ0n) is 17.6. The maximum absolute atomic E-state index is 12.2. The SMILES string of the molecule is CCN1C(=CC=C2C(=O)ON=C2c2ccc(C(=O)O)cc2)Oc2ccc(NS(C)(=O)=O)cc21. The van der Waals surface area contributed by atoms with Gasteiger partial charge in [-0.05, 0) is 49.4 Å². The number of carbonyl (C=O) groups excluding carboxylic acids is 1. The minimum Gasteiger partial charge on any atom is -0.478 e. The Morgan fingerprint density at radius 3 is 2.55 bits per heavy atom. The fraction of sp³-hybridized carbons (Fsp3) is 0.136. The standard InChI is InChI=1S/C22H19N3O7S/c1-3-25-17-12-15(24-33(2,29)30)8-10-18(17)31-19(25)11-9-16-20(23-32-22(16)28)13-4-6-14(7-5-13)21(26)27/h4-12,24H,3H2,1-2H3,(H,26,27). The number of carboxylic acids is 1. The number of hydrogen-bond donors (Lipinski definition) is 2. The fourth-order valence-electron chi connectivity index (χ4n) is 3.39. The molecular weight excluding hydrogens is 450 g/mol. The van der Waals surface area contributed by atoms with Crippen LogP contribution in [0.5, 0.6) is 5.75 Å². The summed E-state index contributed by atoms with van der Waals surface area (Å²) in [4.78, 5) is 29.9. The average Bonchev–Trinajstić information content (AvgIpc) is 3.30. The molecule has 0 radical (unpaired) electrons. The molecule has 0 fully saturated rings. The number of nitrogens with zero attached hydrogens (tertiary/aromatic N) is 2. The van der Waals surface area contributed by atoms with E-state index in [9.17, 15) is 18.0 Å². The maximum atomic E-state index is 12.2. The molecule has 33 heavy (non-hydrogen) atoms. The van der Waals surface area contributed by atoms with E-state index in [1.54, 1.807) is 36.4 Å². The van der Waals surface area contributed by atoms with Crippen molar-refractivity contribution in [1.82, 2.24) is 0 Å². The van der Waals surface area contributed by atoms with Gasteiger partial charge in [0.05, 0.1) is 28.8 Å². The molecule has 4 rings (SSSR count). The number of benzene rings is 2. The number of fused-ring (bicyclic) bond motifs is 1. The van der Waals surface area contributed by atoms with Gasteiger partial charge in [0.1, 0.15) is 5.71 Å². The summed E-state index contributed by atoms with van der Waals surface area (Å²) in [6, 6.07) is 10.8. The number of ether oxygens (including phenoxy) is 1. The van der Waals surface area contributed by atoms with Gasteiger partial charge in [0, 0.05) is 12.1 Å². The Morgan fingerprint density at radius 1 is 1.18 bits per heavy atom. The lowest BCUT2D eigenvalue weighted by atomic mass is 10.0. The second-order valence-electron chi connectivity index (χ2n) is 7.19. The van der Waals surface area contributed by atoms with Crippen molar-refractivity contribution in [3.8, 4) is 5.75 Å². The van der Waals surface area contributed by atoms with E-state index in [1.165, 1.54) is 18.2 Å². The summed E-state index contributed by atoms with van der Waals surface area (Å²) in [6.45, 7) is 2.42. The van der Waals surface area contributed by atoms with E-state index in [0.29, 0.717) is 35.1 Å². The van der Waals surface area contributed by atoms with Gasteiger partial charge in [0.15, 0.2) is 5.75 Å². The van der Waals surface area contributed by atoms with Gasteiger partial charge in [0.2, 0.25) is 15.9 Å². The highest BCUT2D eigenvalue weighted by atomic mass is 32.2. The van der Waals surface area contributed by atoms with Crippen molar-refractivity contribution in [2.45, 2.75) is 6.92 Å². The quantitative estimate of drug-likeness (QED) is 0.487. The third-order valence-corrected chi connectivity index (χ3v) is 5.45. The number of rotatable bonds is 6. The van der Waals surface area contributed by atoms with Gasteiger partial charge in [-0.2, -0.15) is 0 Å². The summed E-state index contributed by atoms with van der Waals surface area (Å²) in [7, 11) is -3.43. The molecule has 0 bridgehead atoms. The van der Waals surface area contributed by atoms with Crippen LogP contribution in [0, 0.1) is 0 Å². The summed E-state index contributed by atoms with van der Waals surface area (Å²) in [6.07, 6.45) is 4.18. The average molecular weight is 469 g/mol. The number of carbonyl (C=O) groups is 2. The monoisotopic (exact) mass is 469 g/mol. The van der Waals surface area contributed by atoms with Gasteiger partial charge in [-0.3, -0.25) is 4.72 Å². The lowest BCUT2D eigenvalue weighted by Gasteiger charge is -2.16. The van der Waals surface area contributed by atoms with Crippen molar-refractivity contribution < 1.29 is 32.7 Å². The molecule has 10 nitrogen and oxygen atoms in total. The molecule has 2 aromatic carbocycles. The van der Waals surface area contributed by atoms with Crippen molar-refractivity contribution in [1.29, 1.82) is 0 Å². The molecule has 0 atom stereocenters. The zero-order chi connectivity index (χ0) is 23.8. The number of oxime groups is 1. The van der Waals surface area contributed by atoms with Gasteiger partial charge >= 0.3 is 11.9 Å². The molecule has 0 aromatic heterocycles. The molecule has 0 spiro atoms. The first-order valence-corrected chi connectivity index (χ1v) is 11.7. The van der Waals surface area contributed by atoms with E-state index in [-0.39, 0.29) is 16.8 Å². The number of allylic oxidation sites excluding steroid dienone is 2. The predicted molar refractivity (Wildman–Crippen MR) is 121 cm³/mol. The van der Waals surface area contributed by atoms with E-state index in [1.807, 2.05) is 11.8 Å². The van der Waals surface area contributed by atoms with E-state index >= 15 is 0 Å². The first kappa shape index (κ1) is 22.1. The lowest BCUT2D eigenvalue weighted by molar-refractivity contribution is -0.136. The van der Waals surface area contributed by atoms with Crippen LogP contribution in [0.3, 0.4) is 0 Å². The first-order valence-electron chi connectivity index (χ1n) is 9.79. The van der Waals surface area contributed by atoms with Crippen molar-refractivity contribution in [2.24, 2.45) is 5.16 Å². The third-order valence-electron chi connectivity index (χ3n) is 4.84. The van der Waals surface area contributed by atoms with E-state index < -0.39 is 22.0 Å². The molecule has 0 saturated carbocycles. The second kappa shape index (κ2) is 8.43. The molecule has 0 amide bonds. The van der Waals surface area contributed by atoms with Crippen molar-refractivity contribution in [2.75, 3.05) is 22.4 Å². The van der Waals surface area contributed by atoms with Gasteiger partial charge < -0.3 is 19.6 Å². The Morgan fingerprint density at radius 2 is 1.91 bits per heavy atom. The Kier molecular flexibility index (Phi) is 5.64. The highest BCUT2D eigenvalue weighted by Gasteiger charge is 2.28. The molecule has 2 heterocycles. The first-order chi connectivity index (χ1) is 15.7. The molecule has 170 valence electrons. The second-order valence-corrected chi connectivity index (χ2v) is 8.94. The fourth-order valence-corrected chi connectivity index (χ4v) is 3.95. The Labute approximate surface area is 189 Å². The molecule has 0 saturated heterocycles. The summed E-state index contributed by atoms with van der Waals surface area (Å²) in [5.41, 5.74) is 2.15. The van der Waals surface area contributed by atoms with Crippen LogP contribution < -0.4 is 14.4 Å². The molecular formula is C22H19N3O7S. The number of anilines is 2. The van der Waals surface area contributed by atoms with Crippen molar-refractivity contribution >= 4 is 39.0 Å². The smallest absolute Gasteiger partial charge is 0.368 e. The molecule has 2 aliphatic heterocycles. The number of sulfonamides is 1. The highest BCUT2D eigenvalue weighted by molar-refractivity contribution is 7.92. The summed E-state index contributed by atoms with van der Waals surface area (Å²) in [5, 5.41) is 12.9. The van der Waals surface area contributed by atoms with Crippen LogP contribution in [0.25, 0.3) is 0 Å². The van der Waals surface area contributed by atoms with E-state index in [4.69, 9.17) is 14.7 Å². The highest BCUT2D eigenvalue weighted by Crippen LogP contribution is 2.40. The molecule has 2 N–H and O–H groups in total. The number of carboxylic acid groups (broad SMARTS) is 1. The van der Waals surface area contributed by atoms with Crippen LogP contribution in [0.4, 0.5) is 11.4 Å². The van der Waals surface area contributed by atoms with Crippen LogP contribution in [0.1, 0.15) is 22.8 Å². The van der Waals surface area contributed by atoms with E-state index in [0.717, 1.165) is 6.26 Å². The van der Waals surface area contributed by atoms with Crippen LogP contribution in [-0.2, 0) is 19.7 Å². The molecule has 11 heteroatoms. The van der Waals surface area contributed by atoms with Crippen LogP contribution in [0.2, 0.25) is 0 Å². The van der Waals surface area contributed by atoms with Crippen LogP contribution in [-0.4, -0.2) is 44.0 Å². The molecule has 0 aliphatic carbocycles. The lowest BCUT2D eigenvalue weighted by Crippen LogP contribution is -2.19. The zero-order valence-corrected chi connectivity index (χ0v) is 18.4. The maximum Gasteiger partial charge on any atom is 0.368 e. The topological polar surface area (TPSA) is 135 Å². The minimum atomic E-state index is -3.43. The Bertz CT molecular complexity index is 1340.